The molecule has 2 rings (SSSR count). The molecule has 0 fully saturated rings. The molecule has 2 aromatic rings. The van der Waals surface area contributed by atoms with Crippen molar-refractivity contribution in [3.63, 3.8) is 0 Å². The molecule has 0 saturated carbocycles. The third-order valence-electron chi connectivity index (χ3n) is 2.89. The number of rotatable bonds is 3. The Kier molecular flexibility index (Phi) is 5.52. The van der Waals surface area contributed by atoms with Crippen LogP contribution in [0.5, 0.6) is 5.75 Å². The van der Waals surface area contributed by atoms with Gasteiger partial charge in [0.15, 0.2) is 0 Å². The predicted octanol–water partition coefficient (Wildman–Crippen LogP) is 4.22. The van der Waals surface area contributed by atoms with E-state index < -0.39 is 0 Å². The largest absolute Gasteiger partial charge is 0.489 e. The molecule has 1 N–H and O–H groups in total. The predicted molar refractivity (Wildman–Crippen MR) is 85.9 cm³/mol. The Balaban J connectivity index is 2.09. The number of hydrogen-bond donors (Lipinski definition) is 1. The van der Waals surface area contributed by atoms with Crippen molar-refractivity contribution >= 4 is 23.2 Å². The van der Waals surface area contributed by atoms with Crippen LogP contribution in [0.25, 0.3) is 0 Å². The fourth-order valence-corrected chi connectivity index (χ4v) is 2.29. The van der Waals surface area contributed by atoms with E-state index in [0.29, 0.717) is 16.7 Å². The van der Waals surface area contributed by atoms with Crippen molar-refractivity contribution in [3.05, 3.63) is 63.1 Å². The maximum Gasteiger partial charge on any atom is 0.122 e. The molecule has 2 aromatic carbocycles. The highest BCUT2D eigenvalue weighted by Gasteiger charge is 2.04. The number of aliphatic hydroxyl groups excluding tert-OH is 1. The fraction of sp³-hybridized carbons (Fsp3) is 0.176. The number of hydrogen-bond acceptors (Lipinski definition) is 2. The van der Waals surface area contributed by atoms with Gasteiger partial charge in [-0.05, 0) is 42.8 Å². The smallest absolute Gasteiger partial charge is 0.122 e. The first-order valence-corrected chi connectivity index (χ1v) is 7.13. The normalized spacial score (nSPS) is 9.90. The molecular weight excluding hydrogens is 307 g/mol. The first-order chi connectivity index (χ1) is 10.1. The molecule has 0 atom stereocenters. The van der Waals surface area contributed by atoms with Crippen molar-refractivity contribution < 1.29 is 9.84 Å². The zero-order valence-electron chi connectivity index (χ0n) is 11.5. The number of aryl methyl sites for hydroxylation is 1. The molecular formula is C17H14Cl2O2. The molecule has 2 nitrogen and oxygen atoms in total. The minimum atomic E-state index is -0.146. The first kappa shape index (κ1) is 15.7. The molecule has 0 saturated heterocycles. The summed E-state index contributed by atoms with van der Waals surface area (Å²) >= 11 is 12.0. The molecule has 0 bridgehead atoms. The Morgan fingerprint density at radius 2 is 1.95 bits per heavy atom. The molecule has 21 heavy (non-hydrogen) atoms. The lowest BCUT2D eigenvalue weighted by molar-refractivity contribution is 0.304. The number of ether oxygens (including phenoxy) is 1. The summed E-state index contributed by atoms with van der Waals surface area (Å²) in [6.07, 6.45) is 0. The third kappa shape index (κ3) is 4.41. The lowest BCUT2D eigenvalue weighted by Crippen LogP contribution is -1.98. The van der Waals surface area contributed by atoms with Gasteiger partial charge in [-0.3, -0.25) is 0 Å². The Hall–Kier alpha value is -1.66. The Labute approximate surface area is 134 Å². The van der Waals surface area contributed by atoms with Gasteiger partial charge in [-0.1, -0.05) is 41.1 Å². The van der Waals surface area contributed by atoms with Crippen molar-refractivity contribution in [2.75, 3.05) is 6.61 Å². The van der Waals surface area contributed by atoms with Gasteiger partial charge in [-0.25, -0.2) is 0 Å². The average molecular weight is 321 g/mol. The van der Waals surface area contributed by atoms with Crippen LogP contribution in [-0.4, -0.2) is 11.7 Å². The van der Waals surface area contributed by atoms with E-state index in [1.807, 2.05) is 31.2 Å². The third-order valence-corrected chi connectivity index (χ3v) is 3.47. The number of aliphatic hydroxyl groups is 1. The van der Waals surface area contributed by atoms with E-state index in [2.05, 4.69) is 11.8 Å². The lowest BCUT2D eigenvalue weighted by Gasteiger charge is -2.10. The fourth-order valence-electron chi connectivity index (χ4n) is 1.82. The van der Waals surface area contributed by atoms with Crippen LogP contribution in [0.1, 0.15) is 16.7 Å². The van der Waals surface area contributed by atoms with Gasteiger partial charge in [0.1, 0.15) is 19.0 Å². The second-order valence-corrected chi connectivity index (χ2v) is 5.31. The van der Waals surface area contributed by atoms with E-state index >= 15 is 0 Å². The molecule has 0 unspecified atom stereocenters. The van der Waals surface area contributed by atoms with Crippen molar-refractivity contribution in [2.45, 2.75) is 13.5 Å². The summed E-state index contributed by atoms with van der Waals surface area (Å²) < 4.78 is 5.78. The van der Waals surface area contributed by atoms with E-state index in [1.54, 1.807) is 12.1 Å². The molecule has 4 heteroatoms. The van der Waals surface area contributed by atoms with Crippen molar-refractivity contribution in [1.29, 1.82) is 0 Å². The van der Waals surface area contributed by atoms with Crippen LogP contribution in [0.3, 0.4) is 0 Å². The Bertz CT molecular complexity index is 700. The topological polar surface area (TPSA) is 29.5 Å². The van der Waals surface area contributed by atoms with Crippen LogP contribution in [0.15, 0.2) is 36.4 Å². The molecule has 0 amide bonds. The van der Waals surface area contributed by atoms with E-state index in [0.717, 1.165) is 22.4 Å². The van der Waals surface area contributed by atoms with Crippen LogP contribution in [0, 0.1) is 18.8 Å². The molecule has 0 spiro atoms. The van der Waals surface area contributed by atoms with E-state index in [4.69, 9.17) is 33.0 Å². The summed E-state index contributed by atoms with van der Waals surface area (Å²) in [5, 5.41) is 9.88. The maximum atomic E-state index is 8.69. The first-order valence-electron chi connectivity index (χ1n) is 6.37. The van der Waals surface area contributed by atoms with Gasteiger partial charge in [0, 0.05) is 21.2 Å². The summed E-state index contributed by atoms with van der Waals surface area (Å²) in [7, 11) is 0. The molecule has 0 heterocycles. The molecule has 0 aliphatic rings. The van der Waals surface area contributed by atoms with Gasteiger partial charge in [0.05, 0.1) is 0 Å². The summed E-state index contributed by atoms with van der Waals surface area (Å²) in [4.78, 5) is 0. The van der Waals surface area contributed by atoms with Gasteiger partial charge in [0.2, 0.25) is 0 Å². The summed E-state index contributed by atoms with van der Waals surface area (Å²) in [6.45, 7) is 2.17. The molecule has 0 aliphatic carbocycles. The molecule has 0 aliphatic heterocycles. The zero-order valence-corrected chi connectivity index (χ0v) is 13.0. The lowest BCUT2D eigenvalue weighted by atomic mass is 10.1. The van der Waals surface area contributed by atoms with Crippen molar-refractivity contribution in [2.24, 2.45) is 0 Å². The number of benzene rings is 2. The maximum absolute atomic E-state index is 8.69. The SMILES string of the molecule is Cc1cc(C#CCO)ccc1OCc1ccc(Cl)cc1Cl. The molecule has 108 valence electrons. The van der Waals surface area contributed by atoms with Crippen molar-refractivity contribution in [3.8, 4) is 17.6 Å². The van der Waals surface area contributed by atoms with Gasteiger partial charge in [0.25, 0.3) is 0 Å². The van der Waals surface area contributed by atoms with Crippen LogP contribution < -0.4 is 4.74 Å². The quantitative estimate of drug-likeness (QED) is 0.858. The number of halogens is 2. The highest BCUT2D eigenvalue weighted by Crippen LogP contribution is 2.24. The highest BCUT2D eigenvalue weighted by molar-refractivity contribution is 6.35. The molecule has 0 radical (unpaired) electrons. The Morgan fingerprint density at radius 3 is 2.62 bits per heavy atom. The zero-order chi connectivity index (χ0) is 15.2. The van der Waals surface area contributed by atoms with E-state index in [1.165, 1.54) is 0 Å². The standard InChI is InChI=1S/C17H14Cl2O2/c1-12-9-13(3-2-8-20)4-7-17(12)21-11-14-5-6-15(18)10-16(14)19/h4-7,9-10,20H,8,11H2,1H3. The van der Waals surface area contributed by atoms with Gasteiger partial charge in [-0.2, -0.15) is 0 Å². The van der Waals surface area contributed by atoms with Gasteiger partial charge in [-0.15, -0.1) is 0 Å². The van der Waals surface area contributed by atoms with Gasteiger partial charge < -0.3 is 9.84 Å². The second-order valence-electron chi connectivity index (χ2n) is 4.46. The summed E-state index contributed by atoms with van der Waals surface area (Å²) in [6, 6.07) is 11.0. The minimum absolute atomic E-state index is 0.146. The highest BCUT2D eigenvalue weighted by atomic mass is 35.5. The second kappa shape index (κ2) is 7.38. The summed E-state index contributed by atoms with van der Waals surface area (Å²) in [5.41, 5.74) is 2.70. The Morgan fingerprint density at radius 1 is 1.14 bits per heavy atom. The monoisotopic (exact) mass is 320 g/mol. The summed E-state index contributed by atoms with van der Waals surface area (Å²) in [5.74, 6) is 6.25. The van der Waals surface area contributed by atoms with E-state index in [9.17, 15) is 0 Å². The van der Waals surface area contributed by atoms with E-state index in [-0.39, 0.29) is 6.61 Å². The minimum Gasteiger partial charge on any atom is -0.489 e. The van der Waals surface area contributed by atoms with Gasteiger partial charge >= 0.3 is 0 Å². The average Bonchev–Trinajstić information content (AvgIpc) is 2.45. The van der Waals surface area contributed by atoms with Crippen molar-refractivity contribution in [1.82, 2.24) is 0 Å². The van der Waals surface area contributed by atoms with Crippen LogP contribution in [0.4, 0.5) is 0 Å². The van der Waals surface area contributed by atoms with Crippen LogP contribution in [-0.2, 0) is 6.61 Å². The molecule has 0 aromatic heterocycles. The van der Waals surface area contributed by atoms with Crippen LogP contribution >= 0.6 is 23.2 Å². The van der Waals surface area contributed by atoms with Crippen LogP contribution in [0.2, 0.25) is 10.0 Å².